The van der Waals surface area contributed by atoms with Crippen molar-refractivity contribution in [3.05, 3.63) is 81.2 Å². The Morgan fingerprint density at radius 1 is 1.21 bits per heavy atom. The zero-order valence-electron chi connectivity index (χ0n) is 15.1. The second kappa shape index (κ2) is 9.35. The number of carbonyl (C=O) groups is 1. The summed E-state index contributed by atoms with van der Waals surface area (Å²) in [5.41, 5.74) is 1.98. The predicted octanol–water partition coefficient (Wildman–Crippen LogP) is 6.34. The number of hydrogen-bond acceptors (Lipinski definition) is 3. The Kier molecular flexibility index (Phi) is 6.84. The van der Waals surface area contributed by atoms with Crippen LogP contribution in [0.4, 0.5) is 10.1 Å². The van der Waals surface area contributed by atoms with E-state index >= 15 is 0 Å². The molecule has 4 nitrogen and oxygen atoms in total. The second-order valence-electron chi connectivity index (χ2n) is 6.07. The van der Waals surface area contributed by atoms with Crippen molar-refractivity contribution in [2.75, 3.05) is 5.32 Å². The third-order valence-electron chi connectivity index (χ3n) is 3.90. The molecule has 0 aliphatic carbocycles. The monoisotopic (exact) mass is 492 g/mol. The minimum absolute atomic E-state index is 0.0182. The Labute approximate surface area is 185 Å². The van der Waals surface area contributed by atoms with Gasteiger partial charge in [-0.15, -0.1) is 0 Å². The second-order valence-corrected chi connectivity index (χ2v) is 7.80. The molecule has 0 fully saturated rings. The molecule has 148 valence electrons. The highest BCUT2D eigenvalue weighted by Gasteiger charge is 2.08. The maximum atomic E-state index is 13.8. The van der Waals surface area contributed by atoms with Crippen molar-refractivity contribution in [3.8, 4) is 11.3 Å². The molecule has 0 spiro atoms. The summed E-state index contributed by atoms with van der Waals surface area (Å²) < 4.78 is 20.1. The van der Waals surface area contributed by atoms with Crippen LogP contribution in [0.5, 0.6) is 0 Å². The standard InChI is InChI=1S/C21H15BrClFN2O2S/c1-12-2-3-13(10-16(12)23)19-8-5-15(28-19)6-9-20(27)26-21(29)25-18-7-4-14(22)11-17(18)24/h2-11H,1H3,(H2,25,26,27,29)/b9-6+. The third-order valence-corrected chi connectivity index (χ3v) is 5.00. The molecule has 0 unspecified atom stereocenters. The average molecular weight is 494 g/mol. The van der Waals surface area contributed by atoms with E-state index in [-0.39, 0.29) is 10.8 Å². The largest absolute Gasteiger partial charge is 0.457 e. The topological polar surface area (TPSA) is 54.3 Å². The van der Waals surface area contributed by atoms with Crippen LogP contribution in [0, 0.1) is 12.7 Å². The minimum Gasteiger partial charge on any atom is -0.457 e. The highest BCUT2D eigenvalue weighted by Crippen LogP contribution is 2.27. The summed E-state index contributed by atoms with van der Waals surface area (Å²) >= 11 is 14.4. The van der Waals surface area contributed by atoms with E-state index in [1.807, 2.05) is 25.1 Å². The number of hydrogen-bond donors (Lipinski definition) is 2. The quantitative estimate of drug-likeness (QED) is 0.329. The molecule has 1 aromatic heterocycles. The van der Waals surface area contributed by atoms with Crippen LogP contribution >= 0.6 is 39.7 Å². The number of furan rings is 1. The molecule has 8 heteroatoms. The molecule has 29 heavy (non-hydrogen) atoms. The van der Waals surface area contributed by atoms with Crippen LogP contribution in [0.15, 0.2) is 63.5 Å². The van der Waals surface area contributed by atoms with Gasteiger partial charge in [-0.3, -0.25) is 10.1 Å². The first-order valence-electron chi connectivity index (χ1n) is 8.43. The van der Waals surface area contributed by atoms with Gasteiger partial charge in [0.1, 0.15) is 17.3 Å². The minimum atomic E-state index is -0.495. The lowest BCUT2D eigenvalue weighted by Crippen LogP contribution is -2.33. The number of benzene rings is 2. The van der Waals surface area contributed by atoms with Gasteiger partial charge in [0, 0.05) is 21.1 Å². The first-order valence-corrected chi connectivity index (χ1v) is 10.0. The SMILES string of the molecule is Cc1ccc(-c2ccc(/C=C/C(=O)NC(=S)Nc3ccc(Br)cc3F)o2)cc1Cl. The smallest absolute Gasteiger partial charge is 0.250 e. The summed E-state index contributed by atoms with van der Waals surface area (Å²) in [5, 5.41) is 5.72. The van der Waals surface area contributed by atoms with Gasteiger partial charge < -0.3 is 9.73 Å². The van der Waals surface area contributed by atoms with Crippen LogP contribution in [0.1, 0.15) is 11.3 Å². The predicted molar refractivity (Wildman–Crippen MR) is 121 cm³/mol. The van der Waals surface area contributed by atoms with Gasteiger partial charge >= 0.3 is 0 Å². The number of rotatable bonds is 4. The van der Waals surface area contributed by atoms with Gasteiger partial charge in [-0.05, 0) is 67.2 Å². The average Bonchev–Trinajstić information content (AvgIpc) is 3.14. The Balaban J connectivity index is 1.59. The normalized spacial score (nSPS) is 10.9. The van der Waals surface area contributed by atoms with Gasteiger partial charge in [-0.1, -0.05) is 39.7 Å². The summed E-state index contributed by atoms with van der Waals surface area (Å²) in [6.45, 7) is 1.92. The van der Waals surface area contributed by atoms with E-state index in [1.54, 1.807) is 18.2 Å². The molecule has 1 heterocycles. The van der Waals surface area contributed by atoms with Crippen LogP contribution in [-0.4, -0.2) is 11.0 Å². The van der Waals surface area contributed by atoms with Gasteiger partial charge in [0.2, 0.25) is 5.91 Å². The van der Waals surface area contributed by atoms with Crippen molar-refractivity contribution in [1.29, 1.82) is 0 Å². The zero-order valence-corrected chi connectivity index (χ0v) is 18.3. The van der Waals surface area contributed by atoms with Gasteiger partial charge in [0.25, 0.3) is 0 Å². The summed E-state index contributed by atoms with van der Waals surface area (Å²) in [4.78, 5) is 12.0. The van der Waals surface area contributed by atoms with Crippen molar-refractivity contribution in [2.24, 2.45) is 0 Å². The fraction of sp³-hybridized carbons (Fsp3) is 0.0476. The van der Waals surface area contributed by atoms with E-state index in [2.05, 4.69) is 26.6 Å². The first kappa shape index (κ1) is 21.2. The number of halogens is 3. The fourth-order valence-electron chi connectivity index (χ4n) is 2.40. The van der Waals surface area contributed by atoms with Gasteiger partial charge in [0.05, 0.1) is 5.69 Å². The molecule has 0 aliphatic rings. The van der Waals surface area contributed by atoms with Crippen LogP contribution in [-0.2, 0) is 4.79 Å². The molecule has 2 N–H and O–H groups in total. The third kappa shape index (κ3) is 5.76. The van der Waals surface area contributed by atoms with Crippen LogP contribution < -0.4 is 10.6 Å². The molecule has 2 aromatic carbocycles. The highest BCUT2D eigenvalue weighted by atomic mass is 79.9. The van der Waals surface area contributed by atoms with Crippen LogP contribution in [0.3, 0.4) is 0 Å². The lowest BCUT2D eigenvalue weighted by Gasteiger charge is -2.09. The first-order chi connectivity index (χ1) is 13.8. The fourth-order valence-corrected chi connectivity index (χ4v) is 3.12. The van der Waals surface area contributed by atoms with Crippen molar-refractivity contribution in [2.45, 2.75) is 6.92 Å². The number of nitrogens with one attached hydrogen (secondary N) is 2. The van der Waals surface area contributed by atoms with Gasteiger partial charge in [0.15, 0.2) is 5.11 Å². The Hall–Kier alpha value is -2.48. The number of aryl methyl sites for hydroxylation is 1. The Bertz CT molecular complexity index is 1110. The van der Waals surface area contributed by atoms with E-state index in [9.17, 15) is 9.18 Å². The summed E-state index contributed by atoms with van der Waals surface area (Å²) in [7, 11) is 0. The van der Waals surface area contributed by atoms with Crippen LogP contribution in [0.25, 0.3) is 17.4 Å². The molecule has 0 saturated carbocycles. The van der Waals surface area contributed by atoms with E-state index in [0.29, 0.717) is 21.0 Å². The molecule has 0 atom stereocenters. The summed E-state index contributed by atoms with van der Waals surface area (Å²) in [5.74, 6) is 0.154. The highest BCUT2D eigenvalue weighted by molar-refractivity contribution is 9.10. The molecular weight excluding hydrogens is 479 g/mol. The summed E-state index contributed by atoms with van der Waals surface area (Å²) in [6, 6.07) is 13.6. The molecule has 3 rings (SSSR count). The lowest BCUT2D eigenvalue weighted by atomic mass is 10.1. The number of carbonyl (C=O) groups excluding carboxylic acids is 1. The lowest BCUT2D eigenvalue weighted by molar-refractivity contribution is -0.115. The molecule has 3 aromatic rings. The van der Waals surface area contributed by atoms with Gasteiger partial charge in [-0.2, -0.15) is 0 Å². The van der Waals surface area contributed by atoms with E-state index < -0.39 is 11.7 Å². The molecule has 0 aliphatic heterocycles. The van der Waals surface area contributed by atoms with E-state index in [4.69, 9.17) is 28.2 Å². The van der Waals surface area contributed by atoms with Crippen molar-refractivity contribution in [3.63, 3.8) is 0 Å². The number of amides is 1. The molecular formula is C21H15BrClFN2O2S. The zero-order chi connectivity index (χ0) is 21.0. The Morgan fingerprint density at radius 2 is 2.00 bits per heavy atom. The summed E-state index contributed by atoms with van der Waals surface area (Å²) in [6.07, 6.45) is 2.79. The molecule has 0 bridgehead atoms. The maximum Gasteiger partial charge on any atom is 0.250 e. The maximum absolute atomic E-state index is 13.8. The van der Waals surface area contributed by atoms with Crippen molar-refractivity contribution >= 4 is 62.5 Å². The number of anilines is 1. The Morgan fingerprint density at radius 3 is 2.72 bits per heavy atom. The van der Waals surface area contributed by atoms with Crippen molar-refractivity contribution in [1.82, 2.24) is 5.32 Å². The molecule has 0 radical (unpaired) electrons. The van der Waals surface area contributed by atoms with Crippen molar-refractivity contribution < 1.29 is 13.6 Å². The number of thiocarbonyl (C=S) groups is 1. The van der Waals surface area contributed by atoms with E-state index in [1.165, 1.54) is 24.3 Å². The van der Waals surface area contributed by atoms with Gasteiger partial charge in [-0.25, -0.2) is 4.39 Å². The molecule has 1 amide bonds. The van der Waals surface area contributed by atoms with E-state index in [0.717, 1.165) is 11.1 Å². The van der Waals surface area contributed by atoms with Crippen LogP contribution in [0.2, 0.25) is 5.02 Å². The molecule has 0 saturated heterocycles.